The molecule has 1 saturated carbocycles. The first-order valence-corrected chi connectivity index (χ1v) is 7.08. The topological polar surface area (TPSA) is 12.0 Å². The van der Waals surface area contributed by atoms with Gasteiger partial charge in [-0.25, -0.2) is 0 Å². The first kappa shape index (κ1) is 12.6. The van der Waals surface area contributed by atoms with Gasteiger partial charge in [-0.05, 0) is 31.2 Å². The van der Waals surface area contributed by atoms with Crippen molar-refractivity contribution in [2.45, 2.75) is 58.5 Å². The average Bonchev–Trinajstić information content (AvgIpc) is 2.37. The minimum Gasteiger partial charge on any atom is -0.310 e. The summed E-state index contributed by atoms with van der Waals surface area (Å²) in [6.45, 7) is 5.53. The molecule has 94 valence electrons. The lowest BCUT2D eigenvalue weighted by Crippen LogP contribution is -2.37. The molecule has 0 heterocycles. The molecule has 1 aliphatic carbocycles. The molecule has 1 heteroatoms. The Morgan fingerprint density at radius 3 is 2.82 bits per heavy atom. The fraction of sp³-hybridized carbons (Fsp3) is 0.625. The number of rotatable bonds is 4. The summed E-state index contributed by atoms with van der Waals surface area (Å²) in [6.07, 6.45) is 6.95. The molecule has 2 rings (SSSR count). The molecule has 1 aromatic rings. The van der Waals surface area contributed by atoms with Gasteiger partial charge >= 0.3 is 0 Å². The highest BCUT2D eigenvalue weighted by atomic mass is 14.9. The van der Waals surface area contributed by atoms with Gasteiger partial charge < -0.3 is 5.32 Å². The van der Waals surface area contributed by atoms with Gasteiger partial charge in [0.1, 0.15) is 0 Å². The lowest BCUT2D eigenvalue weighted by Gasteiger charge is -2.31. The number of aryl methyl sites for hydroxylation is 1. The molecule has 1 aromatic carbocycles. The van der Waals surface area contributed by atoms with Gasteiger partial charge in [0.15, 0.2) is 0 Å². The first-order chi connectivity index (χ1) is 8.29. The monoisotopic (exact) mass is 231 g/mol. The normalized spacial score (nSPS) is 24.8. The fourth-order valence-corrected chi connectivity index (χ4v) is 3.04. The van der Waals surface area contributed by atoms with Crippen LogP contribution in [0.5, 0.6) is 0 Å². The molecule has 0 radical (unpaired) electrons. The number of hydrogen-bond acceptors (Lipinski definition) is 1. The van der Waals surface area contributed by atoms with Crippen LogP contribution in [0.3, 0.4) is 0 Å². The minimum absolute atomic E-state index is 0.745. The number of benzene rings is 1. The van der Waals surface area contributed by atoms with E-state index in [1.165, 1.54) is 43.2 Å². The average molecular weight is 231 g/mol. The predicted octanol–water partition coefficient (Wildman–Crippen LogP) is 4.05. The molecule has 0 aliphatic heterocycles. The summed E-state index contributed by atoms with van der Waals surface area (Å²) in [5, 5.41) is 3.77. The van der Waals surface area contributed by atoms with Crippen molar-refractivity contribution in [2.24, 2.45) is 5.92 Å². The van der Waals surface area contributed by atoms with Crippen molar-refractivity contribution in [1.82, 2.24) is 5.32 Å². The SMILES string of the molecule is CCC1CCCCC1NCc1cccc(C)c1. The standard InChI is InChI=1S/C16H25N/c1-3-15-9-4-5-10-16(15)17-12-14-8-6-7-13(2)11-14/h6-8,11,15-17H,3-5,9-10,12H2,1-2H3. The van der Waals surface area contributed by atoms with Crippen LogP contribution in [0.4, 0.5) is 0 Å². The second-order valence-electron chi connectivity index (χ2n) is 5.43. The summed E-state index contributed by atoms with van der Waals surface area (Å²) in [5.41, 5.74) is 2.78. The first-order valence-electron chi connectivity index (χ1n) is 7.08. The van der Waals surface area contributed by atoms with E-state index in [1.54, 1.807) is 0 Å². The van der Waals surface area contributed by atoms with Gasteiger partial charge in [0, 0.05) is 12.6 Å². The molecule has 1 nitrogen and oxygen atoms in total. The van der Waals surface area contributed by atoms with Crippen molar-refractivity contribution in [3.63, 3.8) is 0 Å². The van der Waals surface area contributed by atoms with Crippen LogP contribution in [0.15, 0.2) is 24.3 Å². The van der Waals surface area contributed by atoms with Gasteiger partial charge in [-0.3, -0.25) is 0 Å². The van der Waals surface area contributed by atoms with Crippen LogP contribution in [0.1, 0.15) is 50.2 Å². The Kier molecular flexibility index (Phi) is 4.61. The zero-order valence-corrected chi connectivity index (χ0v) is 11.2. The summed E-state index contributed by atoms with van der Waals surface area (Å²) in [7, 11) is 0. The fourth-order valence-electron chi connectivity index (χ4n) is 3.04. The largest absolute Gasteiger partial charge is 0.310 e. The van der Waals surface area contributed by atoms with E-state index in [2.05, 4.69) is 43.4 Å². The summed E-state index contributed by atoms with van der Waals surface area (Å²) in [5.74, 6) is 0.897. The van der Waals surface area contributed by atoms with Crippen molar-refractivity contribution < 1.29 is 0 Å². The van der Waals surface area contributed by atoms with E-state index in [0.717, 1.165) is 18.5 Å². The highest BCUT2D eigenvalue weighted by Crippen LogP contribution is 2.26. The van der Waals surface area contributed by atoms with Gasteiger partial charge in [0.05, 0.1) is 0 Å². The maximum atomic E-state index is 3.77. The third-order valence-corrected chi connectivity index (χ3v) is 4.08. The number of hydrogen-bond donors (Lipinski definition) is 1. The van der Waals surface area contributed by atoms with Gasteiger partial charge in [0.25, 0.3) is 0 Å². The quantitative estimate of drug-likeness (QED) is 0.824. The minimum atomic E-state index is 0.745. The van der Waals surface area contributed by atoms with Gasteiger partial charge in [-0.1, -0.05) is 56.0 Å². The van der Waals surface area contributed by atoms with Crippen molar-refractivity contribution in [2.75, 3.05) is 0 Å². The van der Waals surface area contributed by atoms with Crippen LogP contribution in [0.2, 0.25) is 0 Å². The Hall–Kier alpha value is -0.820. The van der Waals surface area contributed by atoms with Crippen LogP contribution in [0, 0.1) is 12.8 Å². The van der Waals surface area contributed by atoms with Crippen LogP contribution < -0.4 is 5.32 Å². The number of nitrogens with one attached hydrogen (secondary N) is 1. The van der Waals surface area contributed by atoms with Gasteiger partial charge in [-0.15, -0.1) is 0 Å². The van der Waals surface area contributed by atoms with E-state index in [-0.39, 0.29) is 0 Å². The highest BCUT2D eigenvalue weighted by Gasteiger charge is 2.22. The molecule has 1 fully saturated rings. The van der Waals surface area contributed by atoms with E-state index in [9.17, 15) is 0 Å². The summed E-state index contributed by atoms with van der Waals surface area (Å²) >= 11 is 0. The smallest absolute Gasteiger partial charge is 0.0208 e. The van der Waals surface area contributed by atoms with E-state index in [1.807, 2.05) is 0 Å². The zero-order chi connectivity index (χ0) is 12.1. The van der Waals surface area contributed by atoms with Crippen LogP contribution in [0.25, 0.3) is 0 Å². The van der Waals surface area contributed by atoms with E-state index >= 15 is 0 Å². The second kappa shape index (κ2) is 6.20. The molecule has 0 amide bonds. The lowest BCUT2D eigenvalue weighted by molar-refractivity contribution is 0.254. The molecule has 0 bridgehead atoms. The Balaban J connectivity index is 1.88. The molecule has 1 aliphatic rings. The van der Waals surface area contributed by atoms with Crippen LogP contribution >= 0.6 is 0 Å². The molecule has 1 N–H and O–H groups in total. The summed E-state index contributed by atoms with van der Waals surface area (Å²) in [6, 6.07) is 9.58. The molecular formula is C16H25N. The van der Waals surface area contributed by atoms with Crippen molar-refractivity contribution in [1.29, 1.82) is 0 Å². The molecule has 0 aromatic heterocycles. The molecular weight excluding hydrogens is 206 g/mol. The highest BCUT2D eigenvalue weighted by molar-refractivity contribution is 5.22. The van der Waals surface area contributed by atoms with E-state index in [0.29, 0.717) is 0 Å². The van der Waals surface area contributed by atoms with E-state index in [4.69, 9.17) is 0 Å². The summed E-state index contributed by atoms with van der Waals surface area (Å²) < 4.78 is 0. The molecule has 2 atom stereocenters. The Morgan fingerprint density at radius 1 is 1.24 bits per heavy atom. The maximum absolute atomic E-state index is 3.77. The zero-order valence-electron chi connectivity index (χ0n) is 11.2. The Labute approximate surface area is 106 Å². The van der Waals surface area contributed by atoms with E-state index < -0.39 is 0 Å². The van der Waals surface area contributed by atoms with Gasteiger partial charge in [-0.2, -0.15) is 0 Å². The van der Waals surface area contributed by atoms with Crippen molar-refractivity contribution in [3.8, 4) is 0 Å². The molecule has 2 unspecified atom stereocenters. The van der Waals surface area contributed by atoms with Crippen LogP contribution in [-0.2, 0) is 6.54 Å². The lowest BCUT2D eigenvalue weighted by atomic mass is 9.83. The molecule has 0 saturated heterocycles. The maximum Gasteiger partial charge on any atom is 0.0208 e. The Morgan fingerprint density at radius 2 is 2.06 bits per heavy atom. The van der Waals surface area contributed by atoms with Crippen LogP contribution in [-0.4, -0.2) is 6.04 Å². The Bertz CT molecular complexity index is 345. The second-order valence-corrected chi connectivity index (χ2v) is 5.43. The van der Waals surface area contributed by atoms with Crippen molar-refractivity contribution in [3.05, 3.63) is 35.4 Å². The predicted molar refractivity (Wildman–Crippen MR) is 74.1 cm³/mol. The van der Waals surface area contributed by atoms with Gasteiger partial charge in [0.2, 0.25) is 0 Å². The third kappa shape index (κ3) is 3.57. The third-order valence-electron chi connectivity index (χ3n) is 4.08. The molecule has 17 heavy (non-hydrogen) atoms. The van der Waals surface area contributed by atoms with Crippen molar-refractivity contribution >= 4 is 0 Å². The summed E-state index contributed by atoms with van der Waals surface area (Å²) in [4.78, 5) is 0. The molecule has 0 spiro atoms.